The van der Waals surface area contributed by atoms with Gasteiger partial charge >= 0.3 is 12.6 Å². The summed E-state index contributed by atoms with van der Waals surface area (Å²) in [5.74, 6) is -1.34. The minimum absolute atomic E-state index is 0.0347. The van der Waals surface area contributed by atoms with Crippen molar-refractivity contribution in [3.8, 4) is 0 Å². The number of nitrogens with one attached hydrogen (secondary N) is 2. The summed E-state index contributed by atoms with van der Waals surface area (Å²) in [5, 5.41) is 8.40. The minimum Gasteiger partial charge on any atom is -0.434 e. The Balaban J connectivity index is 1.91. The second-order valence-corrected chi connectivity index (χ2v) is 5.80. The van der Waals surface area contributed by atoms with Gasteiger partial charge in [-0.1, -0.05) is 17.7 Å². The van der Waals surface area contributed by atoms with Crippen molar-refractivity contribution in [2.75, 3.05) is 6.54 Å². The molecule has 1 aromatic carbocycles. The molecule has 1 fully saturated rings. The Morgan fingerprint density at radius 2 is 2.19 bits per heavy atom. The van der Waals surface area contributed by atoms with Crippen LogP contribution in [0.2, 0.25) is 5.02 Å². The number of ether oxygens (including phenoxy) is 1. The molecule has 0 spiro atoms. The molecule has 0 aliphatic carbocycles. The number of alkyl halides is 2. The second-order valence-electron chi connectivity index (χ2n) is 5.39. The highest BCUT2D eigenvalue weighted by molar-refractivity contribution is 6.30. The number of carbonyl (C=O) groups is 2. The Bertz CT molecular complexity index is 845. The lowest BCUT2D eigenvalue weighted by atomic mass is 10.0. The van der Waals surface area contributed by atoms with Crippen LogP contribution in [0.25, 0.3) is 0 Å². The smallest absolute Gasteiger partial charge is 0.408 e. The molecule has 138 valence electrons. The van der Waals surface area contributed by atoms with Crippen molar-refractivity contribution in [1.29, 1.82) is 0 Å². The molecule has 1 aliphatic rings. The molecule has 1 saturated heterocycles. The highest BCUT2D eigenvalue weighted by Gasteiger charge is 2.32. The van der Waals surface area contributed by atoms with Crippen molar-refractivity contribution < 1.29 is 27.5 Å². The van der Waals surface area contributed by atoms with Crippen LogP contribution in [0.5, 0.6) is 0 Å². The quantitative estimate of drug-likeness (QED) is 0.823. The summed E-state index contributed by atoms with van der Waals surface area (Å²) in [5.41, 5.74) is 0.403. The fourth-order valence-corrected chi connectivity index (χ4v) is 2.59. The number of halogens is 4. The van der Waals surface area contributed by atoms with E-state index in [0.717, 1.165) is 12.3 Å². The maximum atomic E-state index is 13.4. The zero-order valence-electron chi connectivity index (χ0n) is 13.0. The Morgan fingerprint density at radius 3 is 2.77 bits per heavy atom. The van der Waals surface area contributed by atoms with Gasteiger partial charge in [-0.05, 0) is 23.8 Å². The number of amides is 2. The molecule has 1 aliphatic heterocycles. The average Bonchev–Trinajstić information content (AvgIpc) is 3.24. The van der Waals surface area contributed by atoms with Gasteiger partial charge in [0.25, 0.3) is 5.91 Å². The topological polar surface area (TPSA) is 85.3 Å². The number of aromatic nitrogens is 2. The van der Waals surface area contributed by atoms with E-state index in [4.69, 9.17) is 16.3 Å². The molecule has 0 bridgehead atoms. The van der Waals surface area contributed by atoms with E-state index in [-0.39, 0.29) is 17.3 Å². The lowest BCUT2D eigenvalue weighted by Gasteiger charge is -2.19. The summed E-state index contributed by atoms with van der Waals surface area (Å²) in [7, 11) is 0. The number of rotatable bonds is 5. The second kappa shape index (κ2) is 7.24. The van der Waals surface area contributed by atoms with Crippen LogP contribution in [-0.2, 0) is 9.53 Å². The van der Waals surface area contributed by atoms with Crippen LogP contribution in [0.3, 0.4) is 0 Å². The first-order chi connectivity index (χ1) is 12.3. The van der Waals surface area contributed by atoms with Crippen molar-refractivity contribution in [2.24, 2.45) is 0 Å². The summed E-state index contributed by atoms with van der Waals surface area (Å²) in [4.78, 5) is 23.4. The van der Waals surface area contributed by atoms with Crippen LogP contribution in [-0.4, -0.2) is 34.4 Å². The molecule has 2 N–H and O–H groups in total. The molecule has 1 aromatic heterocycles. The number of benzene rings is 1. The molecule has 2 atom stereocenters. The van der Waals surface area contributed by atoms with E-state index in [0.29, 0.717) is 10.2 Å². The van der Waals surface area contributed by atoms with Gasteiger partial charge in [-0.15, -0.1) is 0 Å². The van der Waals surface area contributed by atoms with E-state index in [1.54, 1.807) is 0 Å². The lowest BCUT2D eigenvalue weighted by molar-refractivity contribution is -0.128. The molecule has 11 heteroatoms. The number of cyclic esters (lactones) is 1. The van der Waals surface area contributed by atoms with Gasteiger partial charge in [0.1, 0.15) is 5.82 Å². The van der Waals surface area contributed by atoms with Gasteiger partial charge < -0.3 is 15.4 Å². The molecule has 1 unspecified atom stereocenters. The lowest BCUT2D eigenvalue weighted by Crippen LogP contribution is -2.39. The van der Waals surface area contributed by atoms with Gasteiger partial charge in [-0.3, -0.25) is 4.79 Å². The third-order valence-corrected chi connectivity index (χ3v) is 3.95. The van der Waals surface area contributed by atoms with Crippen LogP contribution in [0.4, 0.5) is 18.0 Å². The third-order valence-electron chi connectivity index (χ3n) is 3.66. The molecular weight excluding hydrogens is 377 g/mol. The number of nitrogens with zero attached hydrogens (tertiary/aromatic N) is 2. The molecular formula is C15H12ClF3N4O3. The average molecular weight is 389 g/mol. The molecule has 2 aromatic rings. The van der Waals surface area contributed by atoms with Gasteiger partial charge in [-0.25, -0.2) is 13.9 Å². The maximum absolute atomic E-state index is 13.4. The van der Waals surface area contributed by atoms with Crippen LogP contribution in [0.1, 0.15) is 23.8 Å². The van der Waals surface area contributed by atoms with Crippen LogP contribution < -0.4 is 10.6 Å². The first kappa shape index (κ1) is 18.1. The van der Waals surface area contributed by atoms with E-state index in [1.165, 1.54) is 18.2 Å². The minimum atomic E-state index is -2.86. The molecule has 0 radical (unpaired) electrons. The van der Waals surface area contributed by atoms with E-state index in [9.17, 15) is 22.8 Å². The molecule has 26 heavy (non-hydrogen) atoms. The third kappa shape index (κ3) is 3.74. The Labute approximate surface area is 150 Å². The Kier molecular flexibility index (Phi) is 5.03. The first-order valence-corrected chi connectivity index (χ1v) is 7.76. The van der Waals surface area contributed by atoms with Crippen molar-refractivity contribution in [3.63, 3.8) is 0 Å². The number of hydrogen-bond donors (Lipinski definition) is 2. The highest BCUT2D eigenvalue weighted by atomic mass is 35.5. The molecule has 2 amide bonds. The maximum Gasteiger partial charge on any atom is 0.408 e. The van der Waals surface area contributed by atoms with Crippen LogP contribution in [0.15, 0.2) is 30.5 Å². The number of carbonyl (C=O) groups excluding carboxylic acids is 2. The SMILES string of the molecule is O=C1NC[C@@H](C(=O)NC(c2ccc(F)c(Cl)c2)c2ccn(C(F)F)n2)O1. The van der Waals surface area contributed by atoms with Crippen molar-refractivity contribution in [3.05, 3.63) is 52.6 Å². The Morgan fingerprint density at radius 1 is 1.42 bits per heavy atom. The van der Waals surface area contributed by atoms with Gasteiger partial charge in [0.05, 0.1) is 23.3 Å². The zero-order chi connectivity index (χ0) is 18.8. The van der Waals surface area contributed by atoms with Gasteiger partial charge in [0.15, 0.2) is 6.10 Å². The zero-order valence-corrected chi connectivity index (χ0v) is 13.7. The van der Waals surface area contributed by atoms with Crippen LogP contribution >= 0.6 is 11.6 Å². The largest absolute Gasteiger partial charge is 0.434 e. The fourth-order valence-electron chi connectivity index (χ4n) is 2.41. The number of alkyl carbamates (subject to hydrolysis) is 1. The van der Waals surface area contributed by atoms with E-state index in [1.807, 2.05) is 0 Å². The predicted molar refractivity (Wildman–Crippen MR) is 83.1 cm³/mol. The summed E-state index contributed by atoms with van der Waals surface area (Å²) in [6.45, 7) is -2.90. The summed E-state index contributed by atoms with van der Waals surface area (Å²) >= 11 is 5.77. The van der Waals surface area contributed by atoms with E-state index in [2.05, 4.69) is 15.7 Å². The normalized spacial score (nSPS) is 17.7. The highest BCUT2D eigenvalue weighted by Crippen LogP contribution is 2.26. The first-order valence-electron chi connectivity index (χ1n) is 7.38. The van der Waals surface area contributed by atoms with Crippen molar-refractivity contribution >= 4 is 23.6 Å². The molecule has 3 rings (SSSR count). The molecule has 2 heterocycles. The predicted octanol–water partition coefficient (Wildman–Crippen LogP) is 2.38. The standard InChI is InChI=1S/C15H12ClF3N4O3/c16-8-5-7(1-2-9(8)17)12(10-3-4-23(22-10)14(18)19)21-13(24)11-6-20-15(25)26-11/h1-5,11-12,14H,6H2,(H,20,25)(H,21,24)/t11-,12?/m0/s1. The van der Waals surface area contributed by atoms with Gasteiger partial charge in [0.2, 0.25) is 0 Å². The van der Waals surface area contributed by atoms with E-state index >= 15 is 0 Å². The van der Waals surface area contributed by atoms with Crippen molar-refractivity contribution in [1.82, 2.24) is 20.4 Å². The van der Waals surface area contributed by atoms with Crippen LogP contribution in [0, 0.1) is 5.82 Å². The van der Waals surface area contributed by atoms with Gasteiger partial charge in [0, 0.05) is 6.20 Å². The fraction of sp³-hybridized carbons (Fsp3) is 0.267. The molecule has 7 nitrogen and oxygen atoms in total. The summed E-state index contributed by atoms with van der Waals surface area (Å²) in [6.07, 6.45) is -0.784. The molecule has 0 saturated carbocycles. The monoisotopic (exact) mass is 388 g/mol. The van der Waals surface area contributed by atoms with Gasteiger partial charge in [-0.2, -0.15) is 13.9 Å². The summed E-state index contributed by atoms with van der Waals surface area (Å²) in [6, 6.07) is 3.96. The van der Waals surface area contributed by atoms with Crippen molar-refractivity contribution in [2.45, 2.75) is 18.7 Å². The van der Waals surface area contributed by atoms with E-state index < -0.39 is 36.5 Å². The summed E-state index contributed by atoms with van der Waals surface area (Å²) < 4.78 is 44.2. The number of hydrogen-bond acceptors (Lipinski definition) is 4. The Hall–Kier alpha value is -2.75.